The summed E-state index contributed by atoms with van der Waals surface area (Å²) in [6.45, 7) is 0. The lowest BCUT2D eigenvalue weighted by atomic mass is 10.1. The van der Waals surface area contributed by atoms with E-state index in [1.165, 1.54) is 3.57 Å². The lowest BCUT2D eigenvalue weighted by molar-refractivity contribution is 1.36. The maximum Gasteiger partial charge on any atom is 0.0634 e. The van der Waals surface area contributed by atoms with E-state index in [0.717, 1.165) is 27.8 Å². The molecule has 1 heterocycles. The van der Waals surface area contributed by atoms with Gasteiger partial charge in [0.25, 0.3) is 0 Å². The zero-order valence-electron chi connectivity index (χ0n) is 10.1. The normalized spacial score (nSPS) is 10.6. The minimum Gasteiger partial charge on any atom is -0.397 e. The van der Waals surface area contributed by atoms with E-state index >= 15 is 0 Å². The number of nitrogens with one attached hydrogen (secondary N) is 1. The first-order valence-corrected chi connectivity index (χ1v) is 6.97. The van der Waals surface area contributed by atoms with Crippen molar-refractivity contribution in [2.75, 3.05) is 11.1 Å². The van der Waals surface area contributed by atoms with Gasteiger partial charge in [-0.3, -0.25) is 4.98 Å². The average Bonchev–Trinajstić information content (AvgIpc) is 2.42. The molecule has 0 amide bonds. The van der Waals surface area contributed by atoms with Crippen LogP contribution in [0.2, 0.25) is 0 Å². The molecule has 2 aromatic carbocycles. The highest BCUT2D eigenvalue weighted by Gasteiger charge is 2.04. The van der Waals surface area contributed by atoms with Crippen LogP contribution < -0.4 is 11.1 Å². The van der Waals surface area contributed by atoms with Gasteiger partial charge in [0.05, 0.1) is 11.4 Å². The van der Waals surface area contributed by atoms with Gasteiger partial charge in [0.1, 0.15) is 0 Å². The van der Waals surface area contributed by atoms with Crippen LogP contribution in [0.4, 0.5) is 17.1 Å². The molecule has 1 aromatic heterocycles. The Balaban J connectivity index is 2.04. The van der Waals surface area contributed by atoms with E-state index in [-0.39, 0.29) is 0 Å². The summed E-state index contributed by atoms with van der Waals surface area (Å²) in [5.74, 6) is 0. The predicted molar refractivity (Wildman–Crippen MR) is 88.6 cm³/mol. The van der Waals surface area contributed by atoms with E-state index in [1.807, 2.05) is 36.5 Å². The number of pyridine rings is 1. The molecule has 4 heteroatoms. The molecule has 0 saturated carbocycles. The predicted octanol–water partition coefficient (Wildman–Crippen LogP) is 4.17. The molecular weight excluding hydrogens is 349 g/mol. The van der Waals surface area contributed by atoms with Crippen LogP contribution in [0.3, 0.4) is 0 Å². The van der Waals surface area contributed by atoms with Gasteiger partial charge < -0.3 is 11.1 Å². The molecular formula is C15H12IN3. The van der Waals surface area contributed by atoms with Gasteiger partial charge in [0, 0.05) is 32.4 Å². The van der Waals surface area contributed by atoms with Crippen molar-refractivity contribution >= 4 is 50.4 Å². The van der Waals surface area contributed by atoms with Crippen molar-refractivity contribution in [3.05, 3.63) is 58.4 Å². The number of halogens is 1. The van der Waals surface area contributed by atoms with Gasteiger partial charge in [-0.15, -0.1) is 0 Å². The van der Waals surface area contributed by atoms with E-state index in [4.69, 9.17) is 5.73 Å². The average molecular weight is 361 g/mol. The number of rotatable bonds is 2. The molecule has 19 heavy (non-hydrogen) atoms. The van der Waals surface area contributed by atoms with Crippen LogP contribution in [0, 0.1) is 3.57 Å². The fraction of sp³-hybridized carbons (Fsp3) is 0. The van der Waals surface area contributed by atoms with Gasteiger partial charge in [-0.05, 0) is 52.9 Å². The number of nitrogen functional groups attached to an aromatic ring is 1. The number of fused-ring (bicyclic) bond motifs is 1. The fourth-order valence-electron chi connectivity index (χ4n) is 2.02. The number of benzene rings is 2. The molecule has 3 N–H and O–H groups in total. The molecule has 0 spiro atoms. The van der Waals surface area contributed by atoms with Gasteiger partial charge in [-0.1, -0.05) is 12.1 Å². The maximum absolute atomic E-state index is 6.21. The molecule has 94 valence electrons. The molecule has 0 aliphatic carbocycles. The van der Waals surface area contributed by atoms with Crippen LogP contribution in [0.25, 0.3) is 10.8 Å². The fourth-order valence-corrected chi connectivity index (χ4v) is 2.57. The number of nitrogens with two attached hydrogens (primary N) is 1. The van der Waals surface area contributed by atoms with Gasteiger partial charge in [-0.2, -0.15) is 0 Å². The molecule has 3 nitrogen and oxygen atoms in total. The molecule has 0 fully saturated rings. The first-order chi connectivity index (χ1) is 9.24. The second-order valence-corrected chi connectivity index (χ2v) is 5.50. The molecule has 0 saturated heterocycles. The highest BCUT2D eigenvalue weighted by molar-refractivity contribution is 14.1. The van der Waals surface area contributed by atoms with Gasteiger partial charge >= 0.3 is 0 Å². The SMILES string of the molecule is Nc1c(Nc2cccc(I)c2)ccc2cnccc12. The molecule has 0 unspecified atom stereocenters. The Hall–Kier alpha value is -1.82. The van der Waals surface area contributed by atoms with Gasteiger partial charge in [0.2, 0.25) is 0 Å². The van der Waals surface area contributed by atoms with Crippen LogP contribution in [-0.4, -0.2) is 4.98 Å². The summed E-state index contributed by atoms with van der Waals surface area (Å²) in [6.07, 6.45) is 3.58. The highest BCUT2D eigenvalue weighted by Crippen LogP contribution is 2.30. The van der Waals surface area contributed by atoms with Crippen LogP contribution in [0.1, 0.15) is 0 Å². The lowest BCUT2D eigenvalue weighted by Crippen LogP contribution is -1.97. The van der Waals surface area contributed by atoms with Crippen LogP contribution in [0.5, 0.6) is 0 Å². The van der Waals surface area contributed by atoms with Crippen molar-refractivity contribution in [2.45, 2.75) is 0 Å². The van der Waals surface area contributed by atoms with E-state index < -0.39 is 0 Å². The zero-order chi connectivity index (χ0) is 13.2. The lowest BCUT2D eigenvalue weighted by Gasteiger charge is -2.11. The van der Waals surface area contributed by atoms with Crippen molar-refractivity contribution in [1.82, 2.24) is 4.98 Å². The smallest absolute Gasteiger partial charge is 0.0634 e. The van der Waals surface area contributed by atoms with Gasteiger partial charge in [0.15, 0.2) is 0 Å². The minimum atomic E-state index is 0.749. The zero-order valence-corrected chi connectivity index (χ0v) is 12.3. The van der Waals surface area contributed by atoms with Gasteiger partial charge in [-0.25, -0.2) is 0 Å². The highest BCUT2D eigenvalue weighted by atomic mass is 127. The Labute approximate surface area is 125 Å². The molecule has 0 aliphatic rings. The summed E-state index contributed by atoms with van der Waals surface area (Å²) in [5.41, 5.74) is 8.91. The number of anilines is 3. The van der Waals surface area contributed by atoms with E-state index in [2.05, 4.69) is 45.0 Å². The Morgan fingerprint density at radius 1 is 1.11 bits per heavy atom. The Morgan fingerprint density at radius 3 is 2.84 bits per heavy atom. The summed E-state index contributed by atoms with van der Waals surface area (Å²) < 4.78 is 1.19. The third kappa shape index (κ3) is 2.49. The first-order valence-electron chi connectivity index (χ1n) is 5.89. The Bertz CT molecular complexity index is 740. The summed E-state index contributed by atoms with van der Waals surface area (Å²) >= 11 is 2.29. The second kappa shape index (κ2) is 5.05. The van der Waals surface area contributed by atoms with Crippen LogP contribution in [-0.2, 0) is 0 Å². The second-order valence-electron chi connectivity index (χ2n) is 4.26. The molecule has 0 aliphatic heterocycles. The van der Waals surface area contributed by atoms with Crippen molar-refractivity contribution in [2.24, 2.45) is 0 Å². The first kappa shape index (κ1) is 12.2. The topological polar surface area (TPSA) is 50.9 Å². The molecule has 0 bridgehead atoms. The van der Waals surface area contributed by atoms with Crippen molar-refractivity contribution < 1.29 is 0 Å². The Morgan fingerprint density at radius 2 is 2.00 bits per heavy atom. The van der Waals surface area contributed by atoms with E-state index in [9.17, 15) is 0 Å². The summed E-state index contributed by atoms with van der Waals surface area (Å²) in [6, 6.07) is 14.1. The number of aromatic nitrogens is 1. The quantitative estimate of drug-likeness (QED) is 0.532. The van der Waals surface area contributed by atoms with Crippen molar-refractivity contribution in [3.8, 4) is 0 Å². The summed E-state index contributed by atoms with van der Waals surface area (Å²) in [4.78, 5) is 4.10. The molecule has 3 rings (SSSR count). The van der Waals surface area contributed by atoms with E-state index in [0.29, 0.717) is 0 Å². The molecule has 3 aromatic rings. The monoisotopic (exact) mass is 361 g/mol. The number of hydrogen-bond donors (Lipinski definition) is 2. The summed E-state index contributed by atoms with van der Waals surface area (Å²) in [5, 5.41) is 5.42. The van der Waals surface area contributed by atoms with Crippen molar-refractivity contribution in [1.29, 1.82) is 0 Å². The van der Waals surface area contributed by atoms with E-state index in [1.54, 1.807) is 6.20 Å². The Kier molecular flexibility index (Phi) is 3.25. The largest absolute Gasteiger partial charge is 0.397 e. The third-order valence-corrected chi connectivity index (χ3v) is 3.64. The maximum atomic E-state index is 6.21. The molecule has 0 radical (unpaired) electrons. The number of hydrogen-bond acceptors (Lipinski definition) is 3. The van der Waals surface area contributed by atoms with Crippen molar-refractivity contribution in [3.63, 3.8) is 0 Å². The summed E-state index contributed by atoms with van der Waals surface area (Å²) in [7, 11) is 0. The standard InChI is InChI=1S/C15H12IN3/c16-11-2-1-3-12(8-11)19-14-5-4-10-9-18-7-6-13(10)15(14)17/h1-9,19H,17H2. The molecule has 0 atom stereocenters. The third-order valence-electron chi connectivity index (χ3n) is 2.97. The van der Waals surface area contributed by atoms with Crippen LogP contribution in [0.15, 0.2) is 54.9 Å². The number of nitrogens with zero attached hydrogens (tertiary/aromatic N) is 1. The van der Waals surface area contributed by atoms with Crippen LogP contribution >= 0.6 is 22.6 Å². The minimum absolute atomic E-state index is 0.749.